The van der Waals surface area contributed by atoms with Crippen LogP contribution < -0.4 is 0 Å². The van der Waals surface area contributed by atoms with Crippen molar-refractivity contribution in [2.45, 2.75) is 20.3 Å². The van der Waals surface area contributed by atoms with Crippen molar-refractivity contribution in [1.29, 1.82) is 0 Å². The maximum atomic E-state index is 13.0. The average molecular weight is 396 g/mol. The molecule has 0 spiro atoms. The molecule has 0 saturated carbocycles. The van der Waals surface area contributed by atoms with Gasteiger partial charge in [-0.05, 0) is 20.3 Å². The van der Waals surface area contributed by atoms with Gasteiger partial charge in [0.15, 0.2) is 11.6 Å². The summed E-state index contributed by atoms with van der Waals surface area (Å²) < 4.78 is 10.1. The Hall–Kier alpha value is -3.28. The Balaban J connectivity index is 2.38. The van der Waals surface area contributed by atoms with Crippen LogP contribution in [0.4, 0.5) is 0 Å². The molecule has 0 fully saturated rings. The topological polar surface area (TPSA) is 86.7 Å². The molecule has 0 aliphatic heterocycles. The summed E-state index contributed by atoms with van der Waals surface area (Å²) in [7, 11) is 0. The zero-order valence-corrected chi connectivity index (χ0v) is 16.5. The first-order valence-electron chi connectivity index (χ1n) is 9.51. The molecule has 0 amide bonds. The fourth-order valence-electron chi connectivity index (χ4n) is 2.95. The second-order valence-corrected chi connectivity index (χ2v) is 6.31. The minimum atomic E-state index is -1.29. The summed E-state index contributed by atoms with van der Waals surface area (Å²) in [6.45, 7) is 3.40. The summed E-state index contributed by atoms with van der Waals surface area (Å²) in [6, 6.07) is 16.5. The van der Waals surface area contributed by atoms with E-state index in [0.717, 1.165) is 0 Å². The molecule has 0 aliphatic carbocycles. The van der Waals surface area contributed by atoms with Gasteiger partial charge in [-0.3, -0.25) is 19.2 Å². The normalized spacial score (nSPS) is 12.5. The number of hydrogen-bond acceptors (Lipinski definition) is 6. The van der Waals surface area contributed by atoms with Crippen molar-refractivity contribution in [1.82, 2.24) is 0 Å². The monoisotopic (exact) mass is 396 g/mol. The fourth-order valence-corrected chi connectivity index (χ4v) is 2.95. The summed E-state index contributed by atoms with van der Waals surface area (Å²) in [5.74, 6) is -5.12. The molecular weight excluding hydrogens is 372 g/mol. The van der Waals surface area contributed by atoms with E-state index in [1.54, 1.807) is 74.5 Å². The summed E-state index contributed by atoms with van der Waals surface area (Å²) in [4.78, 5) is 51.0. The number of carbonyl (C=O) groups excluding carboxylic acids is 4. The van der Waals surface area contributed by atoms with Crippen LogP contribution in [0, 0.1) is 11.8 Å². The van der Waals surface area contributed by atoms with Crippen LogP contribution >= 0.6 is 0 Å². The molecule has 2 aromatic rings. The largest absolute Gasteiger partial charge is 0.465 e. The zero-order chi connectivity index (χ0) is 21.2. The van der Waals surface area contributed by atoms with Gasteiger partial charge in [0.2, 0.25) is 0 Å². The molecule has 0 N–H and O–H groups in total. The molecule has 0 aromatic heterocycles. The molecule has 2 atom stereocenters. The highest BCUT2D eigenvalue weighted by Gasteiger charge is 2.38. The Morgan fingerprint density at radius 3 is 1.31 bits per heavy atom. The van der Waals surface area contributed by atoms with Crippen molar-refractivity contribution >= 4 is 23.5 Å². The molecule has 0 bridgehead atoms. The van der Waals surface area contributed by atoms with Crippen molar-refractivity contribution in [2.75, 3.05) is 13.2 Å². The van der Waals surface area contributed by atoms with Crippen LogP contribution in [0.1, 0.15) is 41.0 Å². The van der Waals surface area contributed by atoms with Crippen LogP contribution in [0.25, 0.3) is 0 Å². The Labute approximate surface area is 169 Å². The summed E-state index contributed by atoms with van der Waals surface area (Å²) in [5.41, 5.74) is 0.612. The molecule has 2 aromatic carbocycles. The van der Waals surface area contributed by atoms with Crippen LogP contribution in [0.3, 0.4) is 0 Å². The maximum absolute atomic E-state index is 13.0. The number of esters is 2. The first kappa shape index (κ1) is 22.0. The van der Waals surface area contributed by atoms with E-state index in [9.17, 15) is 19.2 Å². The van der Waals surface area contributed by atoms with Crippen LogP contribution in [-0.2, 0) is 19.1 Å². The van der Waals surface area contributed by atoms with Gasteiger partial charge in [-0.15, -0.1) is 0 Å². The Morgan fingerprint density at radius 2 is 1.00 bits per heavy atom. The summed E-state index contributed by atoms with van der Waals surface area (Å²) in [5, 5.41) is 0. The van der Waals surface area contributed by atoms with Crippen LogP contribution in [0.5, 0.6) is 0 Å². The van der Waals surface area contributed by atoms with Crippen molar-refractivity contribution in [3.8, 4) is 0 Å². The lowest BCUT2D eigenvalue weighted by Crippen LogP contribution is -2.35. The molecule has 152 valence electrons. The Morgan fingerprint density at radius 1 is 0.655 bits per heavy atom. The van der Waals surface area contributed by atoms with Gasteiger partial charge in [0.25, 0.3) is 0 Å². The summed E-state index contributed by atoms with van der Waals surface area (Å²) >= 11 is 0. The predicted octanol–water partition coefficient (Wildman–Crippen LogP) is 3.50. The fraction of sp³-hybridized carbons (Fsp3) is 0.304. The molecule has 0 aliphatic rings. The van der Waals surface area contributed by atoms with Gasteiger partial charge in [-0.25, -0.2) is 0 Å². The third kappa shape index (κ3) is 5.85. The highest BCUT2D eigenvalue weighted by atomic mass is 16.5. The SMILES string of the molecule is CCOC(=O)C(CC(C(=O)OCC)C(=O)c1ccccc1)C(=O)c1ccccc1. The van der Waals surface area contributed by atoms with Crippen molar-refractivity contribution in [3.05, 3.63) is 71.8 Å². The second-order valence-electron chi connectivity index (χ2n) is 6.31. The highest BCUT2D eigenvalue weighted by molar-refractivity contribution is 6.12. The number of ketones is 2. The smallest absolute Gasteiger partial charge is 0.316 e. The van der Waals surface area contributed by atoms with Crippen molar-refractivity contribution in [3.63, 3.8) is 0 Å². The van der Waals surface area contributed by atoms with Gasteiger partial charge in [-0.1, -0.05) is 60.7 Å². The van der Waals surface area contributed by atoms with E-state index in [4.69, 9.17) is 9.47 Å². The Kier molecular flexibility index (Phi) is 8.27. The summed E-state index contributed by atoms with van der Waals surface area (Å²) in [6.07, 6.45) is -0.320. The Bertz CT molecular complexity index is 773. The van der Waals surface area contributed by atoms with E-state index in [1.165, 1.54) is 0 Å². The van der Waals surface area contributed by atoms with Crippen molar-refractivity contribution < 1.29 is 28.7 Å². The molecular formula is C23H24O6. The van der Waals surface area contributed by atoms with Crippen molar-refractivity contribution in [2.24, 2.45) is 11.8 Å². The number of rotatable bonds is 10. The molecule has 2 rings (SSSR count). The van der Waals surface area contributed by atoms with Gasteiger partial charge < -0.3 is 9.47 Å². The number of carbonyl (C=O) groups is 4. The van der Waals surface area contributed by atoms with Gasteiger partial charge in [0.05, 0.1) is 13.2 Å². The minimum absolute atomic E-state index is 0.0775. The number of Topliss-reactive ketones (excluding diaryl/α,β-unsaturated/α-hetero) is 2. The third-order valence-corrected chi connectivity index (χ3v) is 4.36. The van der Waals surface area contributed by atoms with Gasteiger partial charge in [0, 0.05) is 11.1 Å². The van der Waals surface area contributed by atoms with E-state index in [0.29, 0.717) is 11.1 Å². The van der Waals surface area contributed by atoms with Gasteiger partial charge in [0.1, 0.15) is 11.8 Å². The predicted molar refractivity (Wildman–Crippen MR) is 106 cm³/mol. The lowest BCUT2D eigenvalue weighted by Gasteiger charge is -2.20. The molecule has 0 saturated heterocycles. The number of hydrogen-bond donors (Lipinski definition) is 0. The van der Waals surface area contributed by atoms with E-state index < -0.39 is 35.3 Å². The molecule has 2 unspecified atom stereocenters. The molecule has 0 heterocycles. The van der Waals surface area contributed by atoms with E-state index in [1.807, 2.05) is 0 Å². The van der Waals surface area contributed by atoms with E-state index in [2.05, 4.69) is 0 Å². The van der Waals surface area contributed by atoms with Crippen LogP contribution in [0.15, 0.2) is 60.7 Å². The first-order chi connectivity index (χ1) is 14.0. The van der Waals surface area contributed by atoms with E-state index >= 15 is 0 Å². The van der Waals surface area contributed by atoms with Gasteiger partial charge >= 0.3 is 11.9 Å². The molecule has 6 heteroatoms. The lowest BCUT2D eigenvalue weighted by molar-refractivity contribution is -0.149. The second kappa shape index (κ2) is 10.9. The number of ether oxygens (including phenoxy) is 2. The van der Waals surface area contributed by atoms with Crippen LogP contribution in [-0.4, -0.2) is 36.7 Å². The maximum Gasteiger partial charge on any atom is 0.316 e. The van der Waals surface area contributed by atoms with Crippen LogP contribution in [0.2, 0.25) is 0 Å². The molecule has 6 nitrogen and oxygen atoms in total. The highest BCUT2D eigenvalue weighted by Crippen LogP contribution is 2.24. The van der Waals surface area contributed by atoms with E-state index in [-0.39, 0.29) is 19.6 Å². The lowest BCUT2D eigenvalue weighted by atomic mass is 9.84. The van der Waals surface area contributed by atoms with Gasteiger partial charge in [-0.2, -0.15) is 0 Å². The standard InChI is InChI=1S/C23H24O6/c1-3-28-22(26)18(20(24)16-11-7-5-8-12-16)15-19(23(27)29-4-2)21(25)17-13-9-6-10-14-17/h5-14,18-19H,3-4,15H2,1-2H3. The minimum Gasteiger partial charge on any atom is -0.465 e. The number of benzene rings is 2. The average Bonchev–Trinajstić information content (AvgIpc) is 2.75. The molecule has 0 radical (unpaired) electrons. The third-order valence-electron chi connectivity index (χ3n) is 4.36. The molecule has 29 heavy (non-hydrogen) atoms. The first-order valence-corrected chi connectivity index (χ1v) is 9.51. The quantitative estimate of drug-likeness (QED) is 0.347. The zero-order valence-electron chi connectivity index (χ0n) is 16.5.